The molecule has 16 nitrogen and oxygen atoms in total. The molecule has 8 saturated carbocycles. The maximum atomic E-state index is 13.3. The third-order valence-corrected chi connectivity index (χ3v) is 19.7. The van der Waals surface area contributed by atoms with Crippen LogP contribution in [0.3, 0.4) is 0 Å². The third kappa shape index (κ3) is 12.4. The number of aliphatic hydroxyl groups is 1. The molecule has 3 atom stereocenters. The number of pyridine rings is 3. The third-order valence-electron chi connectivity index (χ3n) is 19.7. The lowest BCUT2D eigenvalue weighted by Crippen LogP contribution is -2.47. The molecule has 0 aliphatic heterocycles. The number of carbonyl (C=O) groups is 4. The Labute approximate surface area is 485 Å². The highest BCUT2D eigenvalue weighted by molar-refractivity contribution is 6.04. The van der Waals surface area contributed by atoms with Crippen LogP contribution < -0.4 is 33.0 Å². The fourth-order valence-corrected chi connectivity index (χ4v) is 16.5. The van der Waals surface area contributed by atoms with Crippen LogP contribution in [0, 0.1) is 67.1 Å². The summed E-state index contributed by atoms with van der Waals surface area (Å²) >= 11 is 0. The molecule has 8 aliphatic carbocycles. The van der Waals surface area contributed by atoms with Crippen LogP contribution in [0.2, 0.25) is 0 Å². The molecule has 6 aromatic rings. The number of aryl methyl sites for hydroxylation is 3. The van der Waals surface area contributed by atoms with Crippen molar-refractivity contribution in [2.75, 3.05) is 36.2 Å². The Balaban J connectivity index is 0.000000143. The molecule has 2 amide bonds. The quantitative estimate of drug-likeness (QED) is 0.0593. The zero-order chi connectivity index (χ0) is 59.2. The monoisotopic (exact) mass is 1130 g/mol. The average Bonchev–Trinajstić information content (AvgIpc) is 3.57. The maximum Gasteiger partial charge on any atom is 0.302 e. The van der Waals surface area contributed by atoms with Crippen LogP contribution in [0.4, 0.5) is 17.1 Å². The molecule has 3 aromatic heterocycles. The van der Waals surface area contributed by atoms with E-state index in [4.69, 9.17) is 15.2 Å². The lowest BCUT2D eigenvalue weighted by molar-refractivity contribution is -0.142. The summed E-state index contributed by atoms with van der Waals surface area (Å²) in [4.78, 5) is 86.9. The highest BCUT2D eigenvalue weighted by Crippen LogP contribution is 2.62. The molecular formula is C67H84N6O10. The molecule has 0 unspecified atom stereocenters. The molecule has 5 N–H and O–H groups in total. The Morgan fingerprint density at radius 2 is 0.819 bits per heavy atom. The molecule has 442 valence electrons. The van der Waals surface area contributed by atoms with Crippen LogP contribution in [-0.2, 0) is 28.7 Å². The van der Waals surface area contributed by atoms with E-state index in [2.05, 4.69) is 10.6 Å². The Morgan fingerprint density at radius 3 is 1.16 bits per heavy atom. The number of nitrogens with one attached hydrogen (secondary N) is 2. The number of amides is 2. The molecular weight excluding hydrogens is 1050 g/mol. The van der Waals surface area contributed by atoms with Crippen molar-refractivity contribution in [3.05, 3.63) is 121 Å². The minimum absolute atomic E-state index is 0.0694. The molecule has 8 bridgehead atoms. The second-order valence-corrected chi connectivity index (χ2v) is 26.4. The van der Waals surface area contributed by atoms with Crippen LogP contribution >= 0.6 is 0 Å². The second-order valence-electron chi connectivity index (χ2n) is 26.4. The SMILES string of the molecule is CC(=O)OC[C@@H](C)n1ccc2c(N)c(C)ccc2c1=O.CC(=O)OC[C@@H](C)n1ccc2c(NC(=O)CC34CC5CC(CC(C5)C3)C4)c(C)ccc2c1=O.Cc1ccc2c(=O)n([C@H](C)CO)ccc2c1NC(=O)CC12CC3CC(CC(C3)C1)C2. The van der Waals surface area contributed by atoms with E-state index in [1.807, 2.05) is 90.1 Å². The van der Waals surface area contributed by atoms with Gasteiger partial charge in [0.2, 0.25) is 11.8 Å². The molecule has 0 radical (unpaired) electrons. The van der Waals surface area contributed by atoms with E-state index in [-0.39, 0.29) is 89.2 Å². The van der Waals surface area contributed by atoms with Crippen molar-refractivity contribution in [2.24, 2.45) is 46.3 Å². The number of carbonyl (C=O) groups excluding carboxylic acids is 4. The number of esters is 2. The van der Waals surface area contributed by atoms with Crippen LogP contribution in [0.5, 0.6) is 0 Å². The van der Waals surface area contributed by atoms with Gasteiger partial charge in [0.05, 0.1) is 36.1 Å². The van der Waals surface area contributed by atoms with Crippen molar-refractivity contribution in [1.82, 2.24) is 13.7 Å². The number of benzene rings is 3. The topological polar surface area (TPSA) is 223 Å². The highest BCUT2D eigenvalue weighted by atomic mass is 16.5. The Morgan fingerprint density at radius 1 is 0.506 bits per heavy atom. The number of ether oxygens (including phenoxy) is 2. The Bertz CT molecular complexity index is 3620. The van der Waals surface area contributed by atoms with E-state index in [1.165, 1.54) is 90.9 Å². The first-order valence-corrected chi connectivity index (χ1v) is 30.2. The minimum atomic E-state index is -0.365. The van der Waals surface area contributed by atoms with Gasteiger partial charge in [0.25, 0.3) is 16.7 Å². The summed E-state index contributed by atoms with van der Waals surface area (Å²) in [7, 11) is 0. The van der Waals surface area contributed by atoms with Gasteiger partial charge in [-0.3, -0.25) is 33.6 Å². The minimum Gasteiger partial charge on any atom is -0.464 e. The molecule has 8 fully saturated rings. The van der Waals surface area contributed by atoms with Gasteiger partial charge in [0.15, 0.2) is 0 Å². The standard InChI is InChI=1S/C27H34N2O4.C25H32N2O3.C15H18N2O3/c1-16-4-5-23-22(6-7-29(26(23)32)17(2)15-33-18(3)30)25(16)28-24(31)14-27-11-19-8-20(12-27)10-21(9-19)13-27;1-15-3-4-21-20(5-6-27(24(21)30)16(2)14-28)23(15)26-22(29)13-25-10-17-7-18(11-25)9-19(8-17)12-25;1-9-4-5-13-12(14(9)16)6-7-17(15(13)19)10(2)8-20-11(3)18/h4-7,17,19-21H,8-15H2,1-3H3,(H,28,31);3-6,16-19,28H,7-14H2,1-2H3,(H,26,29);4-7,10H,8,16H2,1-3H3/t17-,19?,20?,21?,27?;16-,17?,18?,19?,25?;10-/m111/s1. The van der Waals surface area contributed by atoms with Crippen molar-refractivity contribution in [1.29, 1.82) is 0 Å². The number of aliphatic hydroxyl groups excluding tert-OH is 1. The first kappa shape index (κ1) is 59.1. The summed E-state index contributed by atoms with van der Waals surface area (Å²) in [6, 6.07) is 15.9. The normalized spacial score (nSPS) is 25.4. The summed E-state index contributed by atoms with van der Waals surface area (Å²) in [5, 5.41) is 19.8. The van der Waals surface area contributed by atoms with Crippen molar-refractivity contribution in [3.63, 3.8) is 0 Å². The van der Waals surface area contributed by atoms with E-state index < -0.39 is 0 Å². The molecule has 3 aromatic carbocycles. The fraction of sp³-hybridized carbons (Fsp3) is 0.537. The van der Waals surface area contributed by atoms with Gasteiger partial charge in [-0.1, -0.05) is 18.2 Å². The molecule has 8 aliphatic rings. The first-order valence-electron chi connectivity index (χ1n) is 30.2. The van der Waals surface area contributed by atoms with Crippen LogP contribution in [0.1, 0.15) is 159 Å². The smallest absolute Gasteiger partial charge is 0.302 e. The van der Waals surface area contributed by atoms with E-state index in [9.17, 15) is 38.7 Å². The largest absolute Gasteiger partial charge is 0.464 e. The Hall–Kier alpha value is -7.07. The first-order chi connectivity index (χ1) is 39.5. The number of hydrogen-bond donors (Lipinski definition) is 4. The fourth-order valence-electron chi connectivity index (χ4n) is 16.5. The number of rotatable bonds is 14. The molecule has 3 heterocycles. The van der Waals surface area contributed by atoms with Gasteiger partial charge in [-0.15, -0.1) is 0 Å². The lowest BCUT2D eigenvalue weighted by atomic mass is 9.49. The number of nitrogens with zero attached hydrogens (tertiary/aromatic N) is 3. The van der Waals surface area contributed by atoms with Gasteiger partial charge >= 0.3 is 11.9 Å². The zero-order valence-electron chi connectivity index (χ0n) is 49.7. The summed E-state index contributed by atoms with van der Waals surface area (Å²) < 4.78 is 14.7. The van der Waals surface area contributed by atoms with Gasteiger partial charge in [-0.2, -0.15) is 0 Å². The Kier molecular flexibility index (Phi) is 17.0. The number of fused-ring (bicyclic) bond motifs is 3. The van der Waals surface area contributed by atoms with E-state index in [0.29, 0.717) is 34.7 Å². The summed E-state index contributed by atoms with van der Waals surface area (Å²) in [5.74, 6) is 4.37. The van der Waals surface area contributed by atoms with Crippen molar-refractivity contribution in [3.8, 4) is 0 Å². The molecule has 14 rings (SSSR count). The predicted molar refractivity (Wildman–Crippen MR) is 325 cm³/mol. The summed E-state index contributed by atoms with van der Waals surface area (Å²) in [6.45, 7) is 14.3. The van der Waals surface area contributed by atoms with Gasteiger partial charge in [0.1, 0.15) is 13.2 Å². The van der Waals surface area contributed by atoms with Crippen LogP contribution in [0.25, 0.3) is 32.3 Å². The van der Waals surface area contributed by atoms with Crippen molar-refractivity contribution in [2.45, 2.75) is 163 Å². The van der Waals surface area contributed by atoms with Crippen molar-refractivity contribution < 1.29 is 33.8 Å². The summed E-state index contributed by atoms with van der Waals surface area (Å²) in [6.07, 6.45) is 21.8. The van der Waals surface area contributed by atoms with Gasteiger partial charge in [0, 0.05) is 83.3 Å². The van der Waals surface area contributed by atoms with E-state index >= 15 is 0 Å². The summed E-state index contributed by atoms with van der Waals surface area (Å²) in [5.41, 5.74) is 10.9. The van der Waals surface area contributed by atoms with Gasteiger partial charge in [-0.25, -0.2) is 0 Å². The molecule has 83 heavy (non-hydrogen) atoms. The molecule has 16 heteroatoms. The molecule has 0 spiro atoms. The van der Waals surface area contributed by atoms with Crippen LogP contribution in [0.15, 0.2) is 87.6 Å². The van der Waals surface area contributed by atoms with E-state index in [0.717, 1.165) is 79.7 Å². The number of hydrogen-bond acceptors (Lipinski definition) is 11. The van der Waals surface area contributed by atoms with Gasteiger partial charge < -0.3 is 44.6 Å². The van der Waals surface area contributed by atoms with E-state index in [1.54, 1.807) is 38.4 Å². The maximum absolute atomic E-state index is 13.3. The zero-order valence-corrected chi connectivity index (χ0v) is 49.7. The number of anilines is 3. The second kappa shape index (κ2) is 23.9. The predicted octanol–water partition coefficient (Wildman–Crippen LogP) is 11.4. The number of aromatic nitrogens is 3. The van der Waals surface area contributed by atoms with Gasteiger partial charge in [-0.05, 0) is 218 Å². The lowest BCUT2D eigenvalue weighted by Gasteiger charge is -2.56. The number of nitrogen functional groups attached to an aromatic ring is 1. The van der Waals surface area contributed by atoms with Crippen LogP contribution in [-0.4, -0.2) is 62.4 Å². The highest BCUT2D eigenvalue weighted by Gasteiger charge is 2.53. The average molecular weight is 1130 g/mol. The number of nitrogens with two attached hydrogens (primary N) is 1. The van der Waals surface area contributed by atoms with Crippen molar-refractivity contribution >= 4 is 73.1 Å². The molecule has 0 saturated heterocycles.